The van der Waals surface area contributed by atoms with Gasteiger partial charge >= 0.3 is 0 Å². The minimum atomic E-state index is -3.65. The highest BCUT2D eigenvalue weighted by Gasteiger charge is 2.27. The Morgan fingerprint density at radius 3 is 2.41 bits per heavy atom. The molecule has 0 N–H and O–H groups in total. The lowest BCUT2D eigenvalue weighted by atomic mass is 10.1. The molecule has 0 aliphatic carbocycles. The zero-order valence-corrected chi connectivity index (χ0v) is 21.1. The van der Waals surface area contributed by atoms with Gasteiger partial charge in [0.05, 0.1) is 23.1 Å². The van der Waals surface area contributed by atoms with E-state index in [0.29, 0.717) is 39.4 Å². The van der Waals surface area contributed by atoms with Crippen molar-refractivity contribution in [2.24, 2.45) is 0 Å². The number of rotatable bonds is 6. The van der Waals surface area contributed by atoms with E-state index >= 15 is 0 Å². The largest absolute Gasteiger partial charge is 0.482 e. The van der Waals surface area contributed by atoms with E-state index in [9.17, 15) is 13.2 Å². The molecule has 8 nitrogen and oxygen atoms in total. The average Bonchev–Trinajstić information content (AvgIpc) is 2.85. The molecular weight excluding hydrogens is 478 g/mol. The van der Waals surface area contributed by atoms with E-state index in [2.05, 4.69) is 36.9 Å². The third kappa shape index (κ3) is 5.33. The van der Waals surface area contributed by atoms with Crippen molar-refractivity contribution in [3.8, 4) is 5.75 Å². The monoisotopic (exact) mass is 507 g/mol. The lowest BCUT2D eigenvalue weighted by Crippen LogP contribution is -2.50. The number of carbonyl (C=O) groups excluding carboxylic acids is 1. The van der Waals surface area contributed by atoms with Gasteiger partial charge in [0.25, 0.3) is 5.91 Å². The molecule has 2 heterocycles. The molecule has 2 aliphatic heterocycles. The number of sulfonamides is 1. The molecule has 0 atom stereocenters. The Hall–Kier alpha value is -2.33. The Kier molecular flexibility index (Phi) is 7.67. The van der Waals surface area contributed by atoms with Gasteiger partial charge in [-0.2, -0.15) is 4.31 Å². The fraction of sp³-hybridized carbons (Fsp3) is 0.458. The molecule has 1 amide bonds. The molecule has 2 aliphatic rings. The number of amides is 1. The fourth-order valence-corrected chi connectivity index (χ4v) is 5.94. The number of morpholine rings is 1. The molecular formula is C24H30ClN3O5S. The highest BCUT2D eigenvalue weighted by atomic mass is 35.5. The van der Waals surface area contributed by atoms with Gasteiger partial charge in [0, 0.05) is 45.0 Å². The summed E-state index contributed by atoms with van der Waals surface area (Å²) >= 11 is 6.29. The first-order valence-corrected chi connectivity index (χ1v) is 13.2. The standard InChI is InChI=1S/C24H30ClN3O5S/c1-18-4-3-5-22(19(18)2)26-8-10-27(11-9-26)24(29)17-33-23-7-6-20(16-21(23)25)34(30,31)28-12-14-32-15-13-28/h3-7,16H,8-15,17H2,1-2H3. The molecule has 10 heteroatoms. The molecule has 2 aromatic carbocycles. The van der Waals surface area contributed by atoms with Crippen molar-refractivity contribution >= 4 is 33.2 Å². The first-order valence-electron chi connectivity index (χ1n) is 11.4. The molecule has 184 valence electrons. The number of ether oxygens (including phenoxy) is 2. The van der Waals surface area contributed by atoms with Crippen molar-refractivity contribution in [3.05, 3.63) is 52.5 Å². The van der Waals surface area contributed by atoms with Crippen LogP contribution in [0.4, 0.5) is 5.69 Å². The van der Waals surface area contributed by atoms with Crippen LogP contribution in [0.1, 0.15) is 11.1 Å². The first kappa shape index (κ1) is 24.8. The van der Waals surface area contributed by atoms with E-state index in [0.717, 1.165) is 13.1 Å². The molecule has 2 fully saturated rings. The number of nitrogens with zero attached hydrogens (tertiary/aromatic N) is 3. The average molecular weight is 508 g/mol. The van der Waals surface area contributed by atoms with Crippen molar-refractivity contribution in [3.63, 3.8) is 0 Å². The topological polar surface area (TPSA) is 79.4 Å². The predicted octanol–water partition coefficient (Wildman–Crippen LogP) is 2.71. The number of carbonyl (C=O) groups is 1. The number of aryl methyl sites for hydroxylation is 1. The summed E-state index contributed by atoms with van der Waals surface area (Å²) in [5.41, 5.74) is 3.73. The highest BCUT2D eigenvalue weighted by molar-refractivity contribution is 7.89. The van der Waals surface area contributed by atoms with E-state index in [4.69, 9.17) is 21.1 Å². The van der Waals surface area contributed by atoms with Gasteiger partial charge in [-0.3, -0.25) is 4.79 Å². The smallest absolute Gasteiger partial charge is 0.260 e. The third-order valence-electron chi connectivity index (χ3n) is 6.41. The van der Waals surface area contributed by atoms with Gasteiger partial charge in [-0.15, -0.1) is 0 Å². The van der Waals surface area contributed by atoms with E-state index in [-0.39, 0.29) is 28.2 Å². The second-order valence-corrected chi connectivity index (χ2v) is 10.8. The Morgan fingerprint density at radius 2 is 1.74 bits per heavy atom. The summed E-state index contributed by atoms with van der Waals surface area (Å²) in [6.45, 7) is 8.16. The van der Waals surface area contributed by atoms with Crippen molar-refractivity contribution in [1.82, 2.24) is 9.21 Å². The van der Waals surface area contributed by atoms with Gasteiger partial charge < -0.3 is 19.3 Å². The summed E-state index contributed by atoms with van der Waals surface area (Å²) in [6.07, 6.45) is 0. The first-order chi connectivity index (χ1) is 16.3. The minimum Gasteiger partial charge on any atom is -0.482 e. The molecule has 0 radical (unpaired) electrons. The van der Waals surface area contributed by atoms with Crippen LogP contribution in [0.2, 0.25) is 5.02 Å². The molecule has 0 spiro atoms. The van der Waals surface area contributed by atoms with Gasteiger partial charge in [0.15, 0.2) is 6.61 Å². The maximum Gasteiger partial charge on any atom is 0.260 e. The lowest BCUT2D eigenvalue weighted by Gasteiger charge is -2.37. The second-order valence-electron chi connectivity index (χ2n) is 8.48. The van der Waals surface area contributed by atoms with Gasteiger partial charge in [-0.1, -0.05) is 23.7 Å². The molecule has 4 rings (SSSR count). The van der Waals surface area contributed by atoms with Crippen LogP contribution < -0.4 is 9.64 Å². The van der Waals surface area contributed by atoms with Crippen LogP contribution in [0.3, 0.4) is 0 Å². The predicted molar refractivity (Wildman–Crippen MR) is 131 cm³/mol. The number of benzene rings is 2. The maximum absolute atomic E-state index is 12.8. The van der Waals surface area contributed by atoms with Gasteiger partial charge in [-0.25, -0.2) is 8.42 Å². The fourth-order valence-electron chi connectivity index (χ4n) is 4.20. The van der Waals surface area contributed by atoms with Crippen molar-refractivity contribution in [1.29, 1.82) is 0 Å². The highest BCUT2D eigenvalue weighted by Crippen LogP contribution is 2.29. The van der Waals surface area contributed by atoms with Gasteiger partial charge in [-0.05, 0) is 49.2 Å². The molecule has 0 unspecified atom stereocenters. The molecule has 0 saturated carbocycles. The number of anilines is 1. The van der Waals surface area contributed by atoms with Crippen LogP contribution in [-0.4, -0.2) is 82.6 Å². The van der Waals surface area contributed by atoms with Gasteiger partial charge in [0.2, 0.25) is 10.0 Å². The number of piperazine rings is 1. The molecule has 34 heavy (non-hydrogen) atoms. The van der Waals surface area contributed by atoms with Crippen LogP contribution in [0.25, 0.3) is 0 Å². The van der Waals surface area contributed by atoms with E-state index in [1.54, 1.807) is 4.90 Å². The van der Waals surface area contributed by atoms with E-state index < -0.39 is 10.0 Å². The third-order valence-corrected chi connectivity index (χ3v) is 8.60. The number of hydrogen-bond acceptors (Lipinski definition) is 6. The zero-order chi connectivity index (χ0) is 24.3. The van der Waals surface area contributed by atoms with Crippen LogP contribution >= 0.6 is 11.6 Å². The number of halogens is 1. The summed E-state index contributed by atoms with van der Waals surface area (Å²) in [7, 11) is -3.65. The Morgan fingerprint density at radius 1 is 1.03 bits per heavy atom. The number of hydrogen-bond donors (Lipinski definition) is 0. The van der Waals surface area contributed by atoms with Gasteiger partial charge in [0.1, 0.15) is 5.75 Å². The van der Waals surface area contributed by atoms with Crippen molar-refractivity contribution < 1.29 is 22.7 Å². The van der Waals surface area contributed by atoms with Crippen LogP contribution in [0.5, 0.6) is 5.75 Å². The second kappa shape index (κ2) is 10.5. The van der Waals surface area contributed by atoms with Crippen LogP contribution in [0.15, 0.2) is 41.3 Å². The van der Waals surface area contributed by atoms with Crippen LogP contribution in [0, 0.1) is 13.8 Å². The Labute approximate surface area is 206 Å². The molecule has 0 aromatic heterocycles. The Balaban J connectivity index is 1.32. The SMILES string of the molecule is Cc1cccc(N2CCN(C(=O)COc3ccc(S(=O)(=O)N4CCOCC4)cc3Cl)CC2)c1C. The summed E-state index contributed by atoms with van der Waals surface area (Å²) < 4.78 is 37.8. The molecule has 2 aromatic rings. The molecule has 2 saturated heterocycles. The maximum atomic E-state index is 12.8. The lowest BCUT2D eigenvalue weighted by molar-refractivity contribution is -0.133. The van der Waals surface area contributed by atoms with Crippen LogP contribution in [-0.2, 0) is 19.6 Å². The van der Waals surface area contributed by atoms with Crippen molar-refractivity contribution in [2.45, 2.75) is 18.7 Å². The zero-order valence-electron chi connectivity index (χ0n) is 19.5. The molecule has 0 bridgehead atoms. The normalized spacial score (nSPS) is 17.6. The summed E-state index contributed by atoms with van der Waals surface area (Å²) in [6, 6.07) is 10.6. The quantitative estimate of drug-likeness (QED) is 0.598. The van der Waals surface area contributed by atoms with Crippen molar-refractivity contribution in [2.75, 3.05) is 64.0 Å². The summed E-state index contributed by atoms with van der Waals surface area (Å²) in [5.74, 6) is 0.159. The van der Waals surface area contributed by atoms with E-state index in [1.807, 2.05) is 0 Å². The van der Waals surface area contributed by atoms with E-state index in [1.165, 1.54) is 39.3 Å². The summed E-state index contributed by atoms with van der Waals surface area (Å²) in [5, 5.41) is 0.155. The Bertz CT molecular complexity index is 1140. The minimum absolute atomic E-state index is 0.0978. The summed E-state index contributed by atoms with van der Waals surface area (Å²) in [4.78, 5) is 16.9.